The number of nitriles is 1. The first-order valence-electron chi connectivity index (χ1n) is 6.05. The summed E-state index contributed by atoms with van der Waals surface area (Å²) < 4.78 is 7.02. The number of imidazole rings is 1. The van der Waals surface area contributed by atoms with Crippen LogP contribution in [0.5, 0.6) is 5.75 Å². The van der Waals surface area contributed by atoms with Crippen LogP contribution >= 0.6 is 0 Å². The third-order valence-electron chi connectivity index (χ3n) is 3.14. The Hall–Kier alpha value is -3.00. The van der Waals surface area contributed by atoms with Crippen LogP contribution in [0.3, 0.4) is 0 Å². The van der Waals surface area contributed by atoms with E-state index in [1.807, 2.05) is 34.9 Å². The Bertz CT molecular complexity index is 812. The highest BCUT2D eigenvalue weighted by molar-refractivity contribution is 5.82. The second kappa shape index (κ2) is 4.59. The van der Waals surface area contributed by atoms with Crippen molar-refractivity contribution in [3.05, 3.63) is 48.0 Å². The number of nitrogens with two attached hydrogens (primary N) is 1. The van der Waals surface area contributed by atoms with Gasteiger partial charge < -0.3 is 10.5 Å². The van der Waals surface area contributed by atoms with Crippen LogP contribution in [0, 0.1) is 11.3 Å². The van der Waals surface area contributed by atoms with E-state index in [1.165, 1.54) is 0 Å². The molecule has 2 aromatic carbocycles. The highest BCUT2D eigenvalue weighted by Gasteiger charge is 2.10. The predicted molar refractivity (Wildman–Crippen MR) is 76.7 cm³/mol. The summed E-state index contributed by atoms with van der Waals surface area (Å²) in [5, 5.41) is 8.84. The molecule has 5 nitrogen and oxygen atoms in total. The predicted octanol–water partition coefficient (Wildman–Crippen LogP) is 2.49. The van der Waals surface area contributed by atoms with Gasteiger partial charge in [-0.05, 0) is 36.4 Å². The number of fused-ring (bicyclic) bond motifs is 1. The van der Waals surface area contributed by atoms with E-state index in [0.717, 1.165) is 22.5 Å². The van der Waals surface area contributed by atoms with Crippen LogP contribution in [-0.2, 0) is 0 Å². The number of benzene rings is 2. The van der Waals surface area contributed by atoms with Gasteiger partial charge in [0, 0.05) is 11.8 Å². The van der Waals surface area contributed by atoms with Crippen molar-refractivity contribution < 1.29 is 4.74 Å². The molecule has 0 atom stereocenters. The largest absolute Gasteiger partial charge is 0.497 e. The molecule has 0 radical (unpaired) electrons. The molecule has 0 aliphatic heterocycles. The molecule has 1 heterocycles. The lowest BCUT2D eigenvalue weighted by atomic mass is 10.2. The highest BCUT2D eigenvalue weighted by atomic mass is 16.5. The minimum atomic E-state index is 0.401. The summed E-state index contributed by atoms with van der Waals surface area (Å²) in [6.45, 7) is 0. The average Bonchev–Trinajstić information content (AvgIpc) is 2.82. The number of nitrogen functional groups attached to an aromatic ring is 1. The van der Waals surface area contributed by atoms with Gasteiger partial charge in [0.05, 0.1) is 29.8 Å². The molecule has 3 rings (SSSR count). The third-order valence-corrected chi connectivity index (χ3v) is 3.14. The van der Waals surface area contributed by atoms with Gasteiger partial charge in [0.2, 0.25) is 5.95 Å². The molecule has 1 aromatic heterocycles. The zero-order valence-electron chi connectivity index (χ0n) is 10.9. The first-order valence-corrected chi connectivity index (χ1v) is 6.05. The van der Waals surface area contributed by atoms with E-state index < -0.39 is 0 Å². The summed E-state index contributed by atoms with van der Waals surface area (Å²) in [6, 6.07) is 14.9. The van der Waals surface area contributed by atoms with E-state index in [4.69, 9.17) is 15.7 Å². The molecule has 98 valence electrons. The Balaban J connectivity index is 2.19. The van der Waals surface area contributed by atoms with E-state index in [2.05, 4.69) is 11.1 Å². The van der Waals surface area contributed by atoms with E-state index in [9.17, 15) is 0 Å². The number of anilines is 1. The highest BCUT2D eigenvalue weighted by Crippen LogP contribution is 2.26. The van der Waals surface area contributed by atoms with Gasteiger partial charge in [-0.3, -0.25) is 4.57 Å². The number of methoxy groups -OCH3 is 1. The molecule has 0 aliphatic rings. The Morgan fingerprint density at radius 2 is 1.95 bits per heavy atom. The summed E-state index contributed by atoms with van der Waals surface area (Å²) in [7, 11) is 1.61. The zero-order chi connectivity index (χ0) is 14.1. The Morgan fingerprint density at radius 1 is 1.20 bits per heavy atom. The van der Waals surface area contributed by atoms with Crippen LogP contribution in [0.2, 0.25) is 0 Å². The van der Waals surface area contributed by atoms with E-state index >= 15 is 0 Å². The molecule has 0 saturated carbocycles. The quantitative estimate of drug-likeness (QED) is 0.771. The summed E-state index contributed by atoms with van der Waals surface area (Å²) in [6.07, 6.45) is 0. The number of aromatic nitrogens is 2. The van der Waals surface area contributed by atoms with Crippen molar-refractivity contribution in [3.8, 4) is 17.5 Å². The number of hydrogen-bond donors (Lipinski definition) is 1. The first-order chi connectivity index (χ1) is 9.72. The molecule has 0 aliphatic carbocycles. The molecule has 20 heavy (non-hydrogen) atoms. The van der Waals surface area contributed by atoms with Crippen molar-refractivity contribution in [2.75, 3.05) is 12.8 Å². The fraction of sp³-hybridized carbons (Fsp3) is 0.0667. The summed E-state index contributed by atoms with van der Waals surface area (Å²) in [4.78, 5) is 4.34. The zero-order valence-corrected chi connectivity index (χ0v) is 10.9. The summed E-state index contributed by atoms with van der Waals surface area (Å²) in [5.74, 6) is 1.14. The van der Waals surface area contributed by atoms with Crippen molar-refractivity contribution >= 4 is 17.0 Å². The van der Waals surface area contributed by atoms with Crippen molar-refractivity contribution in [1.29, 1.82) is 5.26 Å². The minimum absolute atomic E-state index is 0.401. The van der Waals surface area contributed by atoms with E-state index in [-0.39, 0.29) is 0 Å². The molecule has 0 spiro atoms. The Kier molecular flexibility index (Phi) is 2.77. The number of hydrogen-bond acceptors (Lipinski definition) is 4. The van der Waals surface area contributed by atoms with Gasteiger partial charge in [-0.15, -0.1) is 0 Å². The van der Waals surface area contributed by atoms with Gasteiger partial charge in [-0.2, -0.15) is 5.26 Å². The van der Waals surface area contributed by atoms with Crippen LogP contribution < -0.4 is 10.5 Å². The maximum atomic E-state index is 8.84. The van der Waals surface area contributed by atoms with Crippen molar-refractivity contribution in [2.45, 2.75) is 0 Å². The number of ether oxygens (including phenoxy) is 1. The average molecular weight is 264 g/mol. The van der Waals surface area contributed by atoms with Crippen molar-refractivity contribution in [1.82, 2.24) is 9.55 Å². The standard InChI is InChI=1S/C15H12N4O/c1-20-12-6-7-14-13(8-12)18-15(17)19(14)11-4-2-10(9-16)3-5-11/h2-8H,1H3,(H2,17,18). The van der Waals surface area contributed by atoms with Crippen LogP contribution in [0.25, 0.3) is 16.7 Å². The topological polar surface area (TPSA) is 76.9 Å². The van der Waals surface area contributed by atoms with Gasteiger partial charge >= 0.3 is 0 Å². The van der Waals surface area contributed by atoms with Gasteiger partial charge in [-0.1, -0.05) is 0 Å². The third kappa shape index (κ3) is 1.84. The van der Waals surface area contributed by atoms with Gasteiger partial charge in [0.15, 0.2) is 0 Å². The van der Waals surface area contributed by atoms with Crippen LogP contribution in [0.1, 0.15) is 5.56 Å². The SMILES string of the molecule is COc1ccc2c(c1)nc(N)n2-c1ccc(C#N)cc1. The van der Waals surface area contributed by atoms with Crippen molar-refractivity contribution in [3.63, 3.8) is 0 Å². The lowest BCUT2D eigenvalue weighted by molar-refractivity contribution is 0.415. The smallest absolute Gasteiger partial charge is 0.205 e. The first kappa shape index (κ1) is 12.1. The molecule has 0 unspecified atom stereocenters. The van der Waals surface area contributed by atoms with Crippen molar-refractivity contribution in [2.24, 2.45) is 0 Å². The maximum absolute atomic E-state index is 8.84. The lowest BCUT2D eigenvalue weighted by Gasteiger charge is -2.06. The molecule has 0 bridgehead atoms. The monoisotopic (exact) mass is 264 g/mol. The lowest BCUT2D eigenvalue weighted by Crippen LogP contribution is -2.00. The molecule has 0 amide bonds. The van der Waals surface area contributed by atoms with Crippen LogP contribution in [0.15, 0.2) is 42.5 Å². The number of rotatable bonds is 2. The number of nitrogens with zero attached hydrogens (tertiary/aromatic N) is 3. The Morgan fingerprint density at radius 3 is 2.60 bits per heavy atom. The minimum Gasteiger partial charge on any atom is -0.497 e. The summed E-state index contributed by atoms with van der Waals surface area (Å²) in [5.41, 5.74) is 9.14. The van der Waals surface area contributed by atoms with Crippen LogP contribution in [-0.4, -0.2) is 16.7 Å². The Labute approximate surface area is 115 Å². The molecular formula is C15H12N4O. The maximum Gasteiger partial charge on any atom is 0.205 e. The molecular weight excluding hydrogens is 252 g/mol. The molecule has 0 fully saturated rings. The second-order valence-electron chi connectivity index (χ2n) is 4.32. The molecule has 0 saturated heterocycles. The van der Waals surface area contributed by atoms with Gasteiger partial charge in [0.25, 0.3) is 0 Å². The second-order valence-corrected chi connectivity index (χ2v) is 4.32. The fourth-order valence-corrected chi connectivity index (χ4v) is 2.16. The van der Waals surface area contributed by atoms with Gasteiger partial charge in [0.1, 0.15) is 5.75 Å². The van der Waals surface area contributed by atoms with E-state index in [0.29, 0.717) is 11.5 Å². The molecule has 5 heteroatoms. The normalized spacial score (nSPS) is 10.4. The fourth-order valence-electron chi connectivity index (χ4n) is 2.16. The van der Waals surface area contributed by atoms with Crippen LogP contribution in [0.4, 0.5) is 5.95 Å². The molecule has 2 N–H and O–H groups in total. The molecule has 3 aromatic rings. The summed E-state index contributed by atoms with van der Waals surface area (Å²) >= 11 is 0. The van der Waals surface area contributed by atoms with E-state index in [1.54, 1.807) is 19.2 Å². The van der Waals surface area contributed by atoms with Gasteiger partial charge in [-0.25, -0.2) is 4.98 Å².